The molecular weight excluding hydrogens is 440 g/mol. The molecule has 2 aliphatic carbocycles. The first-order valence-corrected chi connectivity index (χ1v) is 10.8. The third-order valence-electron chi connectivity index (χ3n) is 6.60. The molecule has 4 heteroatoms. The molecule has 30 heavy (non-hydrogen) atoms. The highest BCUT2D eigenvalue weighted by molar-refractivity contribution is 9.10. The van der Waals surface area contributed by atoms with Crippen LogP contribution in [0.3, 0.4) is 0 Å². The van der Waals surface area contributed by atoms with Gasteiger partial charge in [0.15, 0.2) is 11.6 Å². The number of hydrogen-bond donors (Lipinski definition) is 0. The van der Waals surface area contributed by atoms with Gasteiger partial charge in [-0.3, -0.25) is 14.4 Å². The van der Waals surface area contributed by atoms with Crippen LogP contribution < -0.4 is 0 Å². The van der Waals surface area contributed by atoms with Crippen LogP contribution in [0, 0.1) is 5.41 Å². The molecule has 1 saturated carbocycles. The highest BCUT2D eigenvalue weighted by Crippen LogP contribution is 2.60. The van der Waals surface area contributed by atoms with Crippen LogP contribution in [0.15, 0.2) is 83.3 Å². The molecule has 2 atom stereocenters. The lowest BCUT2D eigenvalue weighted by Crippen LogP contribution is -2.49. The summed E-state index contributed by atoms with van der Waals surface area (Å²) >= 11 is 3.45. The Hall–Kier alpha value is -2.85. The van der Waals surface area contributed by atoms with E-state index in [1.807, 2.05) is 54.6 Å². The van der Waals surface area contributed by atoms with E-state index in [9.17, 15) is 14.4 Å². The summed E-state index contributed by atoms with van der Waals surface area (Å²) in [6.45, 7) is 0. The largest absolute Gasteiger partial charge is 0.300 e. The molecule has 1 fully saturated rings. The third-order valence-corrected chi connectivity index (χ3v) is 7.13. The normalized spacial score (nSPS) is 22.4. The van der Waals surface area contributed by atoms with E-state index < -0.39 is 17.3 Å². The van der Waals surface area contributed by atoms with Crippen LogP contribution in [0.2, 0.25) is 0 Å². The number of halogens is 1. The maximum atomic E-state index is 14.0. The Labute approximate surface area is 183 Å². The van der Waals surface area contributed by atoms with Crippen molar-refractivity contribution in [3.05, 3.63) is 106 Å². The third kappa shape index (κ3) is 2.67. The molecule has 3 aromatic carbocycles. The van der Waals surface area contributed by atoms with Gasteiger partial charge < -0.3 is 0 Å². The first kappa shape index (κ1) is 19.1. The number of Topliss-reactive ketones (excluding diaryl/α,β-unsaturated/α-hetero) is 3. The molecule has 0 aromatic heterocycles. The average molecular weight is 459 g/mol. The van der Waals surface area contributed by atoms with E-state index in [0.29, 0.717) is 11.1 Å². The number of hydrogen-bond acceptors (Lipinski definition) is 3. The van der Waals surface area contributed by atoms with E-state index >= 15 is 0 Å². The summed E-state index contributed by atoms with van der Waals surface area (Å²) in [7, 11) is 0. The average Bonchev–Trinajstić information content (AvgIpc) is 2.99. The fourth-order valence-corrected chi connectivity index (χ4v) is 5.57. The van der Waals surface area contributed by atoms with E-state index in [0.717, 1.165) is 15.6 Å². The fraction of sp³-hybridized carbons (Fsp3) is 0.192. The van der Waals surface area contributed by atoms with Crippen molar-refractivity contribution < 1.29 is 14.4 Å². The van der Waals surface area contributed by atoms with Gasteiger partial charge in [-0.05, 0) is 23.3 Å². The van der Waals surface area contributed by atoms with Crippen LogP contribution in [0.5, 0.6) is 0 Å². The topological polar surface area (TPSA) is 51.2 Å². The SMILES string of the molecule is O=C1C[C@H](c2ccccc2)C2(C(=O)c3ccccc3C2=O)[C@H](c2ccc(Br)cc2)C1. The molecule has 0 N–H and O–H groups in total. The zero-order valence-corrected chi connectivity index (χ0v) is 17.8. The van der Waals surface area contributed by atoms with Crippen molar-refractivity contribution in [3.63, 3.8) is 0 Å². The Morgan fingerprint density at radius 1 is 0.633 bits per heavy atom. The van der Waals surface area contributed by atoms with Gasteiger partial charge in [0.1, 0.15) is 11.2 Å². The lowest BCUT2D eigenvalue weighted by atomic mass is 9.54. The van der Waals surface area contributed by atoms with Gasteiger partial charge in [0.25, 0.3) is 0 Å². The van der Waals surface area contributed by atoms with E-state index in [1.54, 1.807) is 24.3 Å². The van der Waals surface area contributed by atoms with Crippen molar-refractivity contribution >= 4 is 33.3 Å². The van der Waals surface area contributed by atoms with Gasteiger partial charge in [0.05, 0.1) is 0 Å². The summed E-state index contributed by atoms with van der Waals surface area (Å²) in [5.41, 5.74) is 1.36. The van der Waals surface area contributed by atoms with Crippen molar-refractivity contribution in [3.8, 4) is 0 Å². The van der Waals surface area contributed by atoms with Crippen molar-refractivity contribution in [1.29, 1.82) is 0 Å². The minimum Gasteiger partial charge on any atom is -0.300 e. The second-order valence-corrected chi connectivity index (χ2v) is 9.00. The smallest absolute Gasteiger partial charge is 0.178 e. The highest BCUT2D eigenvalue weighted by atomic mass is 79.9. The molecule has 3 nitrogen and oxygen atoms in total. The molecule has 0 saturated heterocycles. The second kappa shape index (κ2) is 7.13. The molecular formula is C26H19BrO3. The molecule has 0 heterocycles. The van der Waals surface area contributed by atoms with Crippen LogP contribution in [-0.4, -0.2) is 17.3 Å². The van der Waals surface area contributed by atoms with Gasteiger partial charge in [-0.15, -0.1) is 0 Å². The van der Waals surface area contributed by atoms with Gasteiger partial charge >= 0.3 is 0 Å². The zero-order valence-electron chi connectivity index (χ0n) is 16.2. The number of fused-ring (bicyclic) bond motifs is 1. The second-order valence-electron chi connectivity index (χ2n) is 8.09. The highest BCUT2D eigenvalue weighted by Gasteiger charge is 2.64. The molecule has 3 aromatic rings. The molecule has 0 radical (unpaired) electrons. The van der Waals surface area contributed by atoms with Gasteiger partial charge in [-0.25, -0.2) is 0 Å². The van der Waals surface area contributed by atoms with Crippen LogP contribution in [-0.2, 0) is 4.79 Å². The lowest BCUT2D eigenvalue weighted by Gasteiger charge is -2.44. The van der Waals surface area contributed by atoms with Crippen molar-refractivity contribution in [2.24, 2.45) is 5.41 Å². The first-order valence-electron chi connectivity index (χ1n) is 10.0. The summed E-state index contributed by atoms with van der Waals surface area (Å²) in [6.07, 6.45) is 0.388. The molecule has 1 spiro atoms. The minimum atomic E-state index is -1.30. The summed E-state index contributed by atoms with van der Waals surface area (Å²) in [5.74, 6) is -1.21. The minimum absolute atomic E-state index is 0.0824. The zero-order chi connectivity index (χ0) is 20.9. The van der Waals surface area contributed by atoms with Crippen molar-refractivity contribution in [2.45, 2.75) is 24.7 Å². The van der Waals surface area contributed by atoms with E-state index in [1.165, 1.54) is 0 Å². The van der Waals surface area contributed by atoms with Gasteiger partial charge in [-0.1, -0.05) is 82.7 Å². The summed E-state index contributed by atoms with van der Waals surface area (Å²) in [5, 5.41) is 0. The Balaban J connectivity index is 1.78. The Kier molecular flexibility index (Phi) is 4.55. The van der Waals surface area contributed by atoms with E-state index in [4.69, 9.17) is 0 Å². The molecule has 5 rings (SSSR count). The maximum Gasteiger partial charge on any atom is 0.178 e. The molecule has 0 bridgehead atoms. The summed E-state index contributed by atoms with van der Waals surface area (Å²) in [6, 6.07) is 24.2. The van der Waals surface area contributed by atoms with E-state index in [2.05, 4.69) is 15.9 Å². The number of carbonyl (C=O) groups excluding carboxylic acids is 3. The Bertz CT molecular complexity index is 1130. The molecule has 0 aliphatic heterocycles. The summed E-state index contributed by atoms with van der Waals surface area (Å²) in [4.78, 5) is 40.9. The molecule has 0 unspecified atom stereocenters. The van der Waals surface area contributed by atoms with Gasteiger partial charge in [-0.2, -0.15) is 0 Å². The van der Waals surface area contributed by atoms with Crippen LogP contribution in [0.1, 0.15) is 56.5 Å². The lowest BCUT2D eigenvalue weighted by molar-refractivity contribution is -0.122. The van der Waals surface area contributed by atoms with Gasteiger partial charge in [0.2, 0.25) is 0 Å². The number of rotatable bonds is 2. The standard InChI is InChI=1S/C26H19BrO3/c27-18-12-10-17(11-13-18)23-15-19(28)14-22(16-6-2-1-3-7-16)26(23)24(29)20-8-4-5-9-21(20)25(26)30/h1-13,22-23H,14-15H2/t22-,23+/m1/s1. The Morgan fingerprint density at radius 3 is 1.63 bits per heavy atom. The Morgan fingerprint density at radius 2 is 1.10 bits per heavy atom. The van der Waals surface area contributed by atoms with Crippen LogP contribution >= 0.6 is 15.9 Å². The fourth-order valence-electron chi connectivity index (χ4n) is 5.31. The number of benzene rings is 3. The number of ketones is 3. The van der Waals surface area contributed by atoms with Crippen LogP contribution in [0.25, 0.3) is 0 Å². The van der Waals surface area contributed by atoms with Gasteiger partial charge in [0, 0.05) is 40.3 Å². The first-order chi connectivity index (χ1) is 14.5. The quantitative estimate of drug-likeness (QED) is 0.459. The van der Waals surface area contributed by atoms with Crippen molar-refractivity contribution in [2.75, 3.05) is 0 Å². The maximum absolute atomic E-state index is 14.0. The predicted octanol–water partition coefficient (Wildman–Crippen LogP) is 5.75. The summed E-state index contributed by atoms with van der Waals surface area (Å²) < 4.78 is 0.911. The molecule has 2 aliphatic rings. The monoisotopic (exact) mass is 458 g/mol. The van der Waals surface area contributed by atoms with E-state index in [-0.39, 0.29) is 30.2 Å². The predicted molar refractivity (Wildman–Crippen MR) is 118 cm³/mol. The molecule has 148 valence electrons. The number of carbonyl (C=O) groups is 3. The van der Waals surface area contributed by atoms with Crippen molar-refractivity contribution in [1.82, 2.24) is 0 Å². The van der Waals surface area contributed by atoms with Crippen LogP contribution in [0.4, 0.5) is 0 Å². The molecule has 0 amide bonds.